The Kier molecular flexibility index (Phi) is 5.96. The molecule has 0 amide bonds. The summed E-state index contributed by atoms with van der Waals surface area (Å²) < 4.78 is 11.1. The molecule has 0 aliphatic heterocycles. The Morgan fingerprint density at radius 3 is 1.75 bits per heavy atom. The largest absolute Gasteiger partial charge is 0.456 e. The smallest absolute Gasteiger partial charge is 0.135 e. The minimum absolute atomic E-state index is 0.900. The summed E-state index contributed by atoms with van der Waals surface area (Å²) in [6.07, 6.45) is 0. The molecule has 0 spiro atoms. The van der Waals surface area contributed by atoms with E-state index in [0.717, 1.165) is 33.3 Å². The summed E-state index contributed by atoms with van der Waals surface area (Å²) in [6.45, 7) is 0. The van der Waals surface area contributed by atoms with Gasteiger partial charge in [0.05, 0.1) is 22.1 Å². The molecule has 11 rings (SSSR count). The molecule has 0 fully saturated rings. The van der Waals surface area contributed by atoms with Crippen LogP contribution in [0.1, 0.15) is 0 Å². The fourth-order valence-corrected chi connectivity index (χ4v) is 8.22. The van der Waals surface area contributed by atoms with Gasteiger partial charge in [-0.15, -0.1) is 0 Å². The van der Waals surface area contributed by atoms with Crippen molar-refractivity contribution >= 4 is 65.6 Å². The molecule has 3 heterocycles. The molecule has 238 valence electrons. The Morgan fingerprint density at radius 1 is 0.314 bits per heavy atom. The van der Waals surface area contributed by atoms with Gasteiger partial charge < -0.3 is 13.6 Å². The summed E-state index contributed by atoms with van der Waals surface area (Å²) in [4.78, 5) is 0. The lowest BCUT2D eigenvalue weighted by Gasteiger charge is -2.12. The first-order valence-electron chi connectivity index (χ1n) is 17.4. The van der Waals surface area contributed by atoms with Gasteiger partial charge in [0.1, 0.15) is 11.2 Å². The number of furan rings is 1. The zero-order valence-corrected chi connectivity index (χ0v) is 27.6. The van der Waals surface area contributed by atoms with Crippen molar-refractivity contribution in [1.82, 2.24) is 9.13 Å². The minimum Gasteiger partial charge on any atom is -0.456 e. The van der Waals surface area contributed by atoms with Crippen molar-refractivity contribution in [2.75, 3.05) is 0 Å². The van der Waals surface area contributed by atoms with Crippen molar-refractivity contribution < 1.29 is 4.42 Å². The summed E-state index contributed by atoms with van der Waals surface area (Å²) in [7, 11) is 0. The van der Waals surface area contributed by atoms with Gasteiger partial charge in [0.25, 0.3) is 0 Å². The van der Waals surface area contributed by atoms with Crippen molar-refractivity contribution in [3.05, 3.63) is 182 Å². The van der Waals surface area contributed by atoms with Crippen LogP contribution < -0.4 is 0 Å². The summed E-state index contributed by atoms with van der Waals surface area (Å²) >= 11 is 0. The Labute approximate surface area is 293 Å². The van der Waals surface area contributed by atoms with Gasteiger partial charge in [0.15, 0.2) is 0 Å². The third-order valence-electron chi connectivity index (χ3n) is 10.5. The molecule has 0 saturated heterocycles. The summed E-state index contributed by atoms with van der Waals surface area (Å²) in [5, 5.41) is 7.21. The van der Waals surface area contributed by atoms with Crippen LogP contribution in [0.25, 0.3) is 99.2 Å². The molecule has 3 heteroatoms. The summed E-state index contributed by atoms with van der Waals surface area (Å²) in [5.74, 6) is 0. The van der Waals surface area contributed by atoms with Gasteiger partial charge in [-0.2, -0.15) is 0 Å². The van der Waals surface area contributed by atoms with E-state index in [1.807, 2.05) is 12.1 Å². The van der Waals surface area contributed by atoms with Crippen molar-refractivity contribution in [3.8, 4) is 33.6 Å². The first-order chi connectivity index (χ1) is 25.3. The highest BCUT2D eigenvalue weighted by molar-refractivity contribution is 6.26. The van der Waals surface area contributed by atoms with E-state index >= 15 is 0 Å². The number of hydrogen-bond donors (Lipinski definition) is 0. The van der Waals surface area contributed by atoms with E-state index in [2.05, 4.69) is 179 Å². The number of rotatable bonds is 4. The van der Waals surface area contributed by atoms with Crippen LogP contribution in [0.4, 0.5) is 0 Å². The van der Waals surface area contributed by atoms with Gasteiger partial charge in [-0.1, -0.05) is 127 Å². The predicted octanol–water partition coefficient (Wildman–Crippen LogP) is 13.1. The average molecular weight is 651 g/mol. The first kappa shape index (κ1) is 28.0. The number of para-hydroxylation sites is 3. The molecular weight excluding hydrogens is 621 g/mol. The van der Waals surface area contributed by atoms with Crippen molar-refractivity contribution in [1.29, 1.82) is 0 Å². The fraction of sp³-hybridized carbons (Fsp3) is 0. The van der Waals surface area contributed by atoms with E-state index in [0.29, 0.717) is 0 Å². The average Bonchev–Trinajstić information content (AvgIpc) is 3.86. The first-order valence-corrected chi connectivity index (χ1v) is 17.4. The topological polar surface area (TPSA) is 23.0 Å². The predicted molar refractivity (Wildman–Crippen MR) is 213 cm³/mol. The minimum atomic E-state index is 0.900. The number of benzene rings is 8. The lowest BCUT2D eigenvalue weighted by Crippen LogP contribution is -1.96. The van der Waals surface area contributed by atoms with Crippen LogP contribution in [0.2, 0.25) is 0 Å². The molecule has 0 N–H and O–H groups in total. The molecule has 0 aliphatic rings. The van der Waals surface area contributed by atoms with E-state index in [1.54, 1.807) is 0 Å². The Morgan fingerprint density at radius 2 is 0.922 bits per heavy atom. The van der Waals surface area contributed by atoms with Crippen molar-refractivity contribution in [3.63, 3.8) is 0 Å². The molecule has 0 saturated carbocycles. The summed E-state index contributed by atoms with van der Waals surface area (Å²) in [5.41, 5.74) is 13.7. The molecule has 0 aliphatic carbocycles. The quantitative estimate of drug-likeness (QED) is 0.186. The normalized spacial score (nSPS) is 11.9. The van der Waals surface area contributed by atoms with E-state index < -0.39 is 0 Å². The van der Waals surface area contributed by atoms with Crippen LogP contribution in [-0.2, 0) is 0 Å². The van der Waals surface area contributed by atoms with Crippen molar-refractivity contribution in [2.45, 2.75) is 0 Å². The monoisotopic (exact) mass is 650 g/mol. The van der Waals surface area contributed by atoms with Gasteiger partial charge in [0, 0.05) is 43.7 Å². The Bertz CT molecular complexity index is 3120. The maximum Gasteiger partial charge on any atom is 0.135 e. The molecule has 0 atom stereocenters. The molecule has 0 bridgehead atoms. The lowest BCUT2D eigenvalue weighted by atomic mass is 10.00. The Hall–Kier alpha value is -6.84. The number of fused-ring (bicyclic) bond motifs is 10. The standard InChI is InChI=1S/C48H30N2O/c1-2-11-31(12-3-1)32-21-23-33(24-22-32)34-13-10-14-35(29-34)49-43-19-8-5-17-40(43)47-44(49)27-26-39-37-15-4-7-18-42(37)50(48(39)47)36-25-28-46-41(30-36)38-16-6-9-20-45(38)51-46/h1-30H. The Balaban J connectivity index is 1.16. The maximum atomic E-state index is 6.23. The number of hydrogen-bond acceptors (Lipinski definition) is 1. The lowest BCUT2D eigenvalue weighted by molar-refractivity contribution is 0.669. The zero-order chi connectivity index (χ0) is 33.5. The highest BCUT2D eigenvalue weighted by Gasteiger charge is 2.21. The molecule has 8 aromatic carbocycles. The molecule has 0 radical (unpaired) electrons. The highest BCUT2D eigenvalue weighted by Crippen LogP contribution is 2.43. The fourth-order valence-electron chi connectivity index (χ4n) is 8.22. The van der Waals surface area contributed by atoms with Crippen molar-refractivity contribution in [2.24, 2.45) is 0 Å². The van der Waals surface area contributed by atoms with Crippen LogP contribution in [0, 0.1) is 0 Å². The van der Waals surface area contributed by atoms with Crippen LogP contribution >= 0.6 is 0 Å². The number of nitrogens with zero attached hydrogens (tertiary/aromatic N) is 2. The van der Waals surface area contributed by atoms with Crippen LogP contribution in [0.5, 0.6) is 0 Å². The van der Waals surface area contributed by atoms with Gasteiger partial charge in [-0.25, -0.2) is 0 Å². The third kappa shape index (κ3) is 4.19. The summed E-state index contributed by atoms with van der Waals surface area (Å²) in [6, 6.07) is 65.5. The molecular formula is C48H30N2O. The van der Waals surface area contributed by atoms with Crippen LogP contribution in [0.15, 0.2) is 186 Å². The van der Waals surface area contributed by atoms with Crippen LogP contribution in [-0.4, -0.2) is 9.13 Å². The zero-order valence-electron chi connectivity index (χ0n) is 27.6. The van der Waals surface area contributed by atoms with E-state index in [1.165, 1.54) is 65.9 Å². The second-order valence-corrected chi connectivity index (χ2v) is 13.3. The van der Waals surface area contributed by atoms with E-state index in [-0.39, 0.29) is 0 Å². The van der Waals surface area contributed by atoms with Gasteiger partial charge in [-0.3, -0.25) is 0 Å². The molecule has 3 nitrogen and oxygen atoms in total. The maximum absolute atomic E-state index is 6.23. The molecule has 3 aromatic heterocycles. The molecule has 11 aromatic rings. The second kappa shape index (κ2) is 10.8. The van der Waals surface area contributed by atoms with Crippen LogP contribution in [0.3, 0.4) is 0 Å². The third-order valence-corrected chi connectivity index (χ3v) is 10.5. The highest BCUT2D eigenvalue weighted by atomic mass is 16.3. The molecule has 51 heavy (non-hydrogen) atoms. The van der Waals surface area contributed by atoms with Gasteiger partial charge >= 0.3 is 0 Å². The number of aromatic nitrogens is 2. The van der Waals surface area contributed by atoms with Gasteiger partial charge in [-0.05, 0) is 76.9 Å². The SMILES string of the molecule is c1ccc(-c2ccc(-c3cccc(-n4c5ccccc5c5c4ccc4c6ccccc6n(-c6ccc7oc8ccccc8c7c6)c45)c3)cc2)cc1. The van der Waals surface area contributed by atoms with Gasteiger partial charge in [0.2, 0.25) is 0 Å². The van der Waals surface area contributed by atoms with E-state index in [4.69, 9.17) is 4.42 Å². The second-order valence-electron chi connectivity index (χ2n) is 13.3. The molecule has 0 unspecified atom stereocenters. The van der Waals surface area contributed by atoms with E-state index in [9.17, 15) is 0 Å².